The van der Waals surface area contributed by atoms with Crippen LogP contribution in [0.2, 0.25) is 0 Å². The first-order valence-corrected chi connectivity index (χ1v) is 5.83. The van der Waals surface area contributed by atoms with E-state index in [2.05, 4.69) is 15.5 Å². The molecule has 6 nitrogen and oxygen atoms in total. The molecule has 1 atom stereocenters. The molecule has 17 heavy (non-hydrogen) atoms. The molecule has 0 saturated carbocycles. The van der Waals surface area contributed by atoms with Crippen molar-refractivity contribution in [3.05, 3.63) is 11.7 Å². The van der Waals surface area contributed by atoms with E-state index in [9.17, 15) is 4.79 Å². The molecule has 1 rings (SSSR count). The molecule has 0 amide bonds. The van der Waals surface area contributed by atoms with E-state index in [0.717, 1.165) is 6.42 Å². The Morgan fingerprint density at radius 1 is 1.53 bits per heavy atom. The first-order valence-electron chi connectivity index (χ1n) is 5.83. The quantitative estimate of drug-likeness (QED) is 0.752. The van der Waals surface area contributed by atoms with Crippen LogP contribution >= 0.6 is 0 Å². The van der Waals surface area contributed by atoms with Gasteiger partial charge in [-0.05, 0) is 6.42 Å². The van der Waals surface area contributed by atoms with Gasteiger partial charge in [-0.2, -0.15) is 4.98 Å². The predicted molar refractivity (Wildman–Crippen MR) is 61.6 cm³/mol. The molecule has 2 N–H and O–H groups in total. The van der Waals surface area contributed by atoms with E-state index in [4.69, 9.17) is 9.63 Å². The first-order chi connectivity index (χ1) is 8.04. The monoisotopic (exact) mass is 241 g/mol. The van der Waals surface area contributed by atoms with Crippen molar-refractivity contribution in [2.45, 2.75) is 52.1 Å². The number of nitrogens with one attached hydrogen (secondary N) is 1. The van der Waals surface area contributed by atoms with E-state index in [0.29, 0.717) is 18.1 Å². The minimum Gasteiger partial charge on any atom is -0.480 e. The Morgan fingerprint density at radius 3 is 2.71 bits per heavy atom. The second-order valence-corrected chi connectivity index (χ2v) is 4.26. The first kappa shape index (κ1) is 13.6. The molecule has 1 unspecified atom stereocenters. The van der Waals surface area contributed by atoms with Crippen LogP contribution in [0.25, 0.3) is 0 Å². The Kier molecular flexibility index (Phi) is 5.09. The fraction of sp³-hybridized carbons (Fsp3) is 0.727. The highest BCUT2D eigenvalue weighted by molar-refractivity contribution is 5.73. The van der Waals surface area contributed by atoms with Crippen LogP contribution in [0, 0.1) is 0 Å². The zero-order valence-corrected chi connectivity index (χ0v) is 10.4. The van der Waals surface area contributed by atoms with Gasteiger partial charge in [-0.3, -0.25) is 10.1 Å². The Bertz CT molecular complexity index is 363. The van der Waals surface area contributed by atoms with E-state index in [1.807, 2.05) is 20.8 Å². The number of carboxylic acid groups (broad SMARTS) is 1. The number of hydrogen-bond donors (Lipinski definition) is 2. The van der Waals surface area contributed by atoms with Crippen molar-refractivity contribution in [3.8, 4) is 0 Å². The van der Waals surface area contributed by atoms with Crippen LogP contribution in [-0.2, 0) is 11.3 Å². The third-order valence-corrected chi connectivity index (χ3v) is 2.38. The molecule has 0 aromatic carbocycles. The summed E-state index contributed by atoms with van der Waals surface area (Å²) in [7, 11) is 0. The van der Waals surface area contributed by atoms with Crippen molar-refractivity contribution in [1.29, 1.82) is 0 Å². The van der Waals surface area contributed by atoms with Gasteiger partial charge >= 0.3 is 5.97 Å². The molecule has 0 aliphatic rings. The summed E-state index contributed by atoms with van der Waals surface area (Å²) in [5, 5.41) is 15.7. The average Bonchev–Trinajstić information content (AvgIpc) is 2.72. The topological polar surface area (TPSA) is 88.3 Å². The lowest BCUT2D eigenvalue weighted by Gasteiger charge is -2.11. The highest BCUT2D eigenvalue weighted by atomic mass is 16.5. The molecule has 1 aromatic rings. The summed E-state index contributed by atoms with van der Waals surface area (Å²) in [4.78, 5) is 15.1. The van der Waals surface area contributed by atoms with Gasteiger partial charge in [0.25, 0.3) is 0 Å². The fourth-order valence-electron chi connectivity index (χ4n) is 1.39. The zero-order chi connectivity index (χ0) is 12.8. The van der Waals surface area contributed by atoms with Crippen LogP contribution in [0.3, 0.4) is 0 Å². The van der Waals surface area contributed by atoms with Crippen molar-refractivity contribution in [2.24, 2.45) is 0 Å². The Hall–Kier alpha value is -1.43. The summed E-state index contributed by atoms with van der Waals surface area (Å²) >= 11 is 0. The third-order valence-electron chi connectivity index (χ3n) is 2.38. The van der Waals surface area contributed by atoms with Crippen LogP contribution in [0.5, 0.6) is 0 Å². The van der Waals surface area contributed by atoms with Gasteiger partial charge in [0.05, 0.1) is 6.54 Å². The van der Waals surface area contributed by atoms with Crippen LogP contribution in [0.4, 0.5) is 0 Å². The van der Waals surface area contributed by atoms with Crippen molar-refractivity contribution < 1.29 is 14.4 Å². The number of rotatable bonds is 7. The summed E-state index contributed by atoms with van der Waals surface area (Å²) in [5.41, 5.74) is 0. The number of carbonyl (C=O) groups is 1. The lowest BCUT2D eigenvalue weighted by Crippen LogP contribution is -2.36. The highest BCUT2D eigenvalue weighted by Crippen LogP contribution is 2.09. The molecular weight excluding hydrogens is 222 g/mol. The Morgan fingerprint density at radius 2 is 2.24 bits per heavy atom. The molecule has 0 saturated heterocycles. The van der Waals surface area contributed by atoms with Crippen LogP contribution in [0.1, 0.15) is 51.2 Å². The largest absolute Gasteiger partial charge is 0.480 e. The lowest BCUT2D eigenvalue weighted by molar-refractivity contribution is -0.139. The number of hydrogen-bond acceptors (Lipinski definition) is 5. The van der Waals surface area contributed by atoms with E-state index in [1.54, 1.807) is 0 Å². The Balaban J connectivity index is 2.50. The van der Waals surface area contributed by atoms with Gasteiger partial charge in [-0.25, -0.2) is 0 Å². The SMILES string of the molecule is CCCC(NCc1nc(C(C)C)no1)C(=O)O. The van der Waals surface area contributed by atoms with E-state index < -0.39 is 12.0 Å². The lowest BCUT2D eigenvalue weighted by atomic mass is 10.2. The summed E-state index contributed by atoms with van der Waals surface area (Å²) in [6, 6.07) is -0.561. The molecular formula is C11H19N3O3. The van der Waals surface area contributed by atoms with Crippen molar-refractivity contribution >= 4 is 5.97 Å². The smallest absolute Gasteiger partial charge is 0.320 e. The molecule has 96 valence electrons. The van der Waals surface area contributed by atoms with Gasteiger partial charge < -0.3 is 9.63 Å². The number of aliphatic carboxylic acids is 1. The molecule has 6 heteroatoms. The number of aromatic nitrogens is 2. The maximum Gasteiger partial charge on any atom is 0.320 e. The number of carboxylic acids is 1. The summed E-state index contributed by atoms with van der Waals surface area (Å²) in [5.74, 6) is 0.425. The third kappa shape index (κ3) is 4.14. The molecule has 0 aliphatic heterocycles. The van der Waals surface area contributed by atoms with Gasteiger partial charge in [-0.1, -0.05) is 32.3 Å². The zero-order valence-electron chi connectivity index (χ0n) is 10.4. The Labute approximate surface area is 100 Å². The predicted octanol–water partition coefficient (Wildman–Crippen LogP) is 1.54. The van der Waals surface area contributed by atoms with Gasteiger partial charge in [0.1, 0.15) is 6.04 Å². The molecule has 0 fully saturated rings. The van der Waals surface area contributed by atoms with Crippen molar-refractivity contribution in [2.75, 3.05) is 0 Å². The summed E-state index contributed by atoms with van der Waals surface area (Å²) in [6.45, 7) is 6.18. The second kappa shape index (κ2) is 6.34. The maximum atomic E-state index is 10.9. The minimum absolute atomic E-state index is 0.207. The summed E-state index contributed by atoms with van der Waals surface area (Å²) in [6.07, 6.45) is 1.39. The number of nitrogens with zero attached hydrogens (tertiary/aromatic N) is 2. The standard InChI is InChI=1S/C11H19N3O3/c1-4-5-8(11(15)16)12-6-9-13-10(7(2)3)14-17-9/h7-8,12H,4-6H2,1-3H3,(H,15,16). The molecule has 0 radical (unpaired) electrons. The van der Waals surface area contributed by atoms with Crippen molar-refractivity contribution in [3.63, 3.8) is 0 Å². The van der Waals surface area contributed by atoms with E-state index in [-0.39, 0.29) is 12.5 Å². The van der Waals surface area contributed by atoms with Gasteiger partial charge in [-0.15, -0.1) is 0 Å². The molecule has 1 aromatic heterocycles. The van der Waals surface area contributed by atoms with E-state index >= 15 is 0 Å². The van der Waals surface area contributed by atoms with Crippen LogP contribution in [0.15, 0.2) is 4.52 Å². The average molecular weight is 241 g/mol. The van der Waals surface area contributed by atoms with Crippen LogP contribution in [-0.4, -0.2) is 27.3 Å². The van der Waals surface area contributed by atoms with E-state index in [1.165, 1.54) is 0 Å². The molecule has 0 spiro atoms. The minimum atomic E-state index is -0.851. The molecule has 0 aliphatic carbocycles. The highest BCUT2D eigenvalue weighted by Gasteiger charge is 2.17. The fourth-order valence-corrected chi connectivity index (χ4v) is 1.39. The maximum absolute atomic E-state index is 10.9. The van der Waals surface area contributed by atoms with Gasteiger partial charge in [0.2, 0.25) is 5.89 Å². The van der Waals surface area contributed by atoms with Gasteiger partial charge in [0.15, 0.2) is 5.82 Å². The second-order valence-electron chi connectivity index (χ2n) is 4.26. The van der Waals surface area contributed by atoms with Crippen LogP contribution < -0.4 is 5.32 Å². The normalized spacial score (nSPS) is 12.9. The van der Waals surface area contributed by atoms with Gasteiger partial charge in [0, 0.05) is 5.92 Å². The van der Waals surface area contributed by atoms with Crippen molar-refractivity contribution in [1.82, 2.24) is 15.5 Å². The summed E-state index contributed by atoms with van der Waals surface area (Å²) < 4.78 is 5.02. The molecule has 0 bridgehead atoms. The molecule has 1 heterocycles.